The molecule has 0 spiro atoms. The van der Waals surface area contributed by atoms with Gasteiger partial charge in [0, 0.05) is 21.6 Å². The number of thiophene rings is 1. The molecule has 0 aliphatic carbocycles. The van der Waals surface area contributed by atoms with Gasteiger partial charge < -0.3 is 4.42 Å². The highest BCUT2D eigenvalue weighted by atomic mass is 35.5. The van der Waals surface area contributed by atoms with Gasteiger partial charge >= 0.3 is 0 Å². The van der Waals surface area contributed by atoms with Crippen molar-refractivity contribution in [1.82, 2.24) is 4.98 Å². The molecule has 3 nitrogen and oxygen atoms in total. The summed E-state index contributed by atoms with van der Waals surface area (Å²) in [4.78, 5) is 5.35. The van der Waals surface area contributed by atoms with Crippen LogP contribution >= 0.6 is 22.9 Å². The van der Waals surface area contributed by atoms with Crippen LogP contribution in [-0.2, 0) is 22.3 Å². The maximum atomic E-state index is 12.2. The SMILES string of the molecule is O=[S@@](Cc1cccc(Cl)c1)Cc1coc(-c2cccs2)n1. The Labute approximate surface area is 134 Å². The van der Waals surface area contributed by atoms with Crippen molar-refractivity contribution in [3.05, 3.63) is 64.3 Å². The topological polar surface area (TPSA) is 43.1 Å². The first-order valence-electron chi connectivity index (χ1n) is 6.28. The Kier molecular flexibility index (Phi) is 4.53. The van der Waals surface area contributed by atoms with E-state index in [1.54, 1.807) is 23.7 Å². The van der Waals surface area contributed by atoms with Crippen molar-refractivity contribution in [2.24, 2.45) is 0 Å². The van der Waals surface area contributed by atoms with Gasteiger partial charge in [0.1, 0.15) is 6.26 Å². The second-order valence-electron chi connectivity index (χ2n) is 4.48. The minimum atomic E-state index is -1.04. The third kappa shape index (κ3) is 3.81. The van der Waals surface area contributed by atoms with Crippen molar-refractivity contribution in [1.29, 1.82) is 0 Å². The summed E-state index contributed by atoms with van der Waals surface area (Å²) in [5, 5.41) is 2.63. The molecule has 3 aromatic rings. The number of nitrogens with zero attached hydrogens (tertiary/aromatic N) is 1. The minimum Gasteiger partial charge on any atom is -0.444 e. The number of halogens is 1. The van der Waals surface area contributed by atoms with Gasteiger partial charge in [-0.15, -0.1) is 11.3 Å². The molecule has 108 valence electrons. The number of benzene rings is 1. The van der Waals surface area contributed by atoms with E-state index in [0.717, 1.165) is 10.4 Å². The Morgan fingerprint density at radius 1 is 1.24 bits per heavy atom. The van der Waals surface area contributed by atoms with E-state index >= 15 is 0 Å². The number of hydrogen-bond donors (Lipinski definition) is 0. The first kappa shape index (κ1) is 14.5. The second-order valence-corrected chi connectivity index (χ2v) is 7.32. The van der Waals surface area contributed by atoms with Crippen molar-refractivity contribution in [2.75, 3.05) is 0 Å². The minimum absolute atomic E-state index is 0.376. The van der Waals surface area contributed by atoms with E-state index in [4.69, 9.17) is 16.0 Å². The molecule has 0 unspecified atom stereocenters. The van der Waals surface area contributed by atoms with Crippen LogP contribution in [0.2, 0.25) is 5.02 Å². The zero-order chi connectivity index (χ0) is 14.7. The summed E-state index contributed by atoms with van der Waals surface area (Å²) >= 11 is 7.49. The number of oxazole rings is 1. The first-order chi connectivity index (χ1) is 10.2. The molecule has 0 radical (unpaired) electrons. The molecule has 0 fully saturated rings. The standard InChI is InChI=1S/C15H12ClNO2S2/c16-12-4-1-3-11(7-12)9-21(18)10-13-8-19-15(17-13)14-5-2-6-20-14/h1-8H,9-10H2/t21-/m0/s1. The first-order valence-corrected chi connectivity index (χ1v) is 9.03. The lowest BCUT2D eigenvalue weighted by molar-refractivity contribution is 0.574. The zero-order valence-corrected chi connectivity index (χ0v) is 13.4. The predicted octanol–water partition coefficient (Wildman–Crippen LogP) is 4.51. The molecular weight excluding hydrogens is 326 g/mol. The predicted molar refractivity (Wildman–Crippen MR) is 86.8 cm³/mol. The Balaban J connectivity index is 1.65. The van der Waals surface area contributed by atoms with E-state index in [1.807, 2.05) is 35.7 Å². The maximum Gasteiger partial charge on any atom is 0.236 e. The third-order valence-electron chi connectivity index (χ3n) is 2.81. The van der Waals surface area contributed by atoms with Crippen LogP contribution < -0.4 is 0 Å². The smallest absolute Gasteiger partial charge is 0.236 e. The lowest BCUT2D eigenvalue weighted by Crippen LogP contribution is -1.99. The highest BCUT2D eigenvalue weighted by Gasteiger charge is 2.11. The molecule has 0 aliphatic heterocycles. The van der Waals surface area contributed by atoms with Crippen LogP contribution in [0.3, 0.4) is 0 Å². The third-order valence-corrected chi connectivity index (χ3v) is 5.18. The van der Waals surface area contributed by atoms with E-state index in [0.29, 0.717) is 28.1 Å². The molecule has 0 amide bonds. The Hall–Kier alpha value is -1.43. The van der Waals surface area contributed by atoms with Crippen molar-refractivity contribution in [3.8, 4) is 10.8 Å². The summed E-state index contributed by atoms with van der Waals surface area (Å²) in [5.41, 5.74) is 1.67. The highest BCUT2D eigenvalue weighted by molar-refractivity contribution is 7.83. The van der Waals surface area contributed by atoms with Gasteiger partial charge in [-0.1, -0.05) is 29.8 Å². The number of aromatic nitrogens is 1. The largest absolute Gasteiger partial charge is 0.444 e. The lowest BCUT2D eigenvalue weighted by Gasteiger charge is -2.01. The molecule has 1 atom stereocenters. The normalized spacial score (nSPS) is 12.4. The van der Waals surface area contributed by atoms with E-state index < -0.39 is 10.8 Å². The van der Waals surface area contributed by atoms with E-state index in [2.05, 4.69) is 4.98 Å². The van der Waals surface area contributed by atoms with Crippen LogP contribution in [0.4, 0.5) is 0 Å². The van der Waals surface area contributed by atoms with E-state index in [9.17, 15) is 4.21 Å². The van der Waals surface area contributed by atoms with Crippen LogP contribution in [0.15, 0.2) is 52.5 Å². The molecule has 3 rings (SSSR count). The number of hydrogen-bond acceptors (Lipinski definition) is 4. The molecular formula is C15H12ClNO2S2. The van der Waals surface area contributed by atoms with Crippen molar-refractivity contribution >= 4 is 33.7 Å². The van der Waals surface area contributed by atoms with E-state index in [-0.39, 0.29) is 0 Å². The average molecular weight is 338 g/mol. The molecule has 0 N–H and O–H groups in total. The van der Waals surface area contributed by atoms with Crippen LogP contribution in [0.5, 0.6) is 0 Å². The van der Waals surface area contributed by atoms with Gasteiger partial charge in [0.25, 0.3) is 0 Å². The van der Waals surface area contributed by atoms with Crippen molar-refractivity contribution < 1.29 is 8.63 Å². The van der Waals surface area contributed by atoms with Crippen LogP contribution in [0, 0.1) is 0 Å². The van der Waals surface area contributed by atoms with Gasteiger partial charge in [0.2, 0.25) is 5.89 Å². The average Bonchev–Trinajstić information content (AvgIpc) is 3.08. The summed E-state index contributed by atoms with van der Waals surface area (Å²) in [5.74, 6) is 1.42. The fourth-order valence-corrected chi connectivity index (χ4v) is 3.90. The molecule has 0 bridgehead atoms. The summed E-state index contributed by atoms with van der Waals surface area (Å²) < 4.78 is 17.6. The molecule has 0 saturated heterocycles. The second kappa shape index (κ2) is 6.56. The van der Waals surface area contributed by atoms with Crippen molar-refractivity contribution in [2.45, 2.75) is 11.5 Å². The van der Waals surface area contributed by atoms with Crippen LogP contribution in [-0.4, -0.2) is 9.19 Å². The lowest BCUT2D eigenvalue weighted by atomic mass is 10.2. The Morgan fingerprint density at radius 2 is 2.14 bits per heavy atom. The molecule has 6 heteroatoms. The molecule has 2 aromatic heterocycles. The van der Waals surface area contributed by atoms with E-state index in [1.165, 1.54) is 0 Å². The maximum absolute atomic E-state index is 12.2. The van der Waals surface area contributed by atoms with Gasteiger partial charge in [0.15, 0.2) is 0 Å². The fourth-order valence-electron chi connectivity index (χ4n) is 1.92. The summed E-state index contributed by atoms with van der Waals surface area (Å²) in [6, 6.07) is 11.3. The quantitative estimate of drug-likeness (QED) is 0.688. The zero-order valence-electron chi connectivity index (χ0n) is 11.0. The molecule has 0 saturated carbocycles. The summed E-state index contributed by atoms with van der Waals surface area (Å²) in [7, 11) is -1.04. The van der Waals surface area contributed by atoms with Gasteiger partial charge in [-0.05, 0) is 29.1 Å². The monoisotopic (exact) mass is 337 g/mol. The van der Waals surface area contributed by atoms with Gasteiger partial charge in [-0.3, -0.25) is 4.21 Å². The van der Waals surface area contributed by atoms with Crippen LogP contribution in [0.25, 0.3) is 10.8 Å². The van der Waals surface area contributed by atoms with Gasteiger partial charge in [-0.2, -0.15) is 0 Å². The van der Waals surface area contributed by atoms with Gasteiger partial charge in [-0.25, -0.2) is 4.98 Å². The molecule has 2 heterocycles. The highest BCUT2D eigenvalue weighted by Crippen LogP contribution is 2.24. The Morgan fingerprint density at radius 3 is 2.90 bits per heavy atom. The van der Waals surface area contributed by atoms with Crippen LogP contribution in [0.1, 0.15) is 11.3 Å². The molecule has 21 heavy (non-hydrogen) atoms. The Bertz CT molecular complexity index is 753. The molecule has 0 aliphatic rings. The summed E-state index contributed by atoms with van der Waals surface area (Å²) in [6.07, 6.45) is 1.57. The van der Waals surface area contributed by atoms with Crippen molar-refractivity contribution in [3.63, 3.8) is 0 Å². The van der Waals surface area contributed by atoms with Gasteiger partial charge in [0.05, 0.1) is 16.3 Å². The molecule has 1 aromatic carbocycles. The number of rotatable bonds is 5. The summed E-state index contributed by atoms with van der Waals surface area (Å²) in [6.45, 7) is 0. The fraction of sp³-hybridized carbons (Fsp3) is 0.133.